The van der Waals surface area contributed by atoms with Crippen LogP contribution in [0.25, 0.3) is 0 Å². The summed E-state index contributed by atoms with van der Waals surface area (Å²) in [5.74, 6) is -0.816. The lowest BCUT2D eigenvalue weighted by atomic mass is 10.1. The Morgan fingerprint density at radius 1 is 1.25 bits per heavy atom. The van der Waals surface area contributed by atoms with E-state index >= 15 is 0 Å². The Morgan fingerprint density at radius 3 is 2.45 bits per heavy atom. The summed E-state index contributed by atoms with van der Waals surface area (Å²) in [5.41, 5.74) is 1.71. The zero-order valence-electron chi connectivity index (χ0n) is 11.3. The smallest absolute Gasteiger partial charge is 0.317 e. The molecule has 1 fully saturated rings. The minimum Gasteiger partial charge on any atom is -0.480 e. The van der Waals surface area contributed by atoms with E-state index in [0.717, 1.165) is 10.0 Å². The molecular weight excluding hydrogens is 324 g/mol. The van der Waals surface area contributed by atoms with Crippen LogP contribution in [0.2, 0.25) is 0 Å². The maximum Gasteiger partial charge on any atom is 0.317 e. The van der Waals surface area contributed by atoms with Crippen LogP contribution in [0.3, 0.4) is 0 Å². The van der Waals surface area contributed by atoms with Crippen LogP contribution < -0.4 is 0 Å². The van der Waals surface area contributed by atoms with Crippen LogP contribution in [-0.2, 0) is 4.79 Å². The van der Waals surface area contributed by atoms with E-state index in [9.17, 15) is 9.59 Å². The zero-order valence-corrected chi connectivity index (χ0v) is 12.9. The molecule has 1 aromatic carbocycles. The molecule has 0 spiro atoms. The number of carboxylic acid groups (broad SMARTS) is 1. The Labute approximate surface area is 126 Å². The Kier molecular flexibility index (Phi) is 4.77. The molecule has 0 aromatic heterocycles. The number of rotatable bonds is 3. The van der Waals surface area contributed by atoms with Gasteiger partial charge in [0.05, 0.1) is 6.54 Å². The van der Waals surface area contributed by atoms with Gasteiger partial charge in [0.15, 0.2) is 0 Å². The minimum atomic E-state index is -0.826. The van der Waals surface area contributed by atoms with Gasteiger partial charge in [-0.1, -0.05) is 15.9 Å². The van der Waals surface area contributed by atoms with Crippen molar-refractivity contribution < 1.29 is 14.7 Å². The van der Waals surface area contributed by atoms with E-state index in [-0.39, 0.29) is 12.5 Å². The van der Waals surface area contributed by atoms with Crippen molar-refractivity contribution in [2.75, 3.05) is 32.7 Å². The van der Waals surface area contributed by atoms with Gasteiger partial charge in [-0.2, -0.15) is 0 Å². The third-order valence-electron chi connectivity index (χ3n) is 3.42. The van der Waals surface area contributed by atoms with E-state index in [1.807, 2.05) is 30.0 Å². The van der Waals surface area contributed by atoms with Gasteiger partial charge >= 0.3 is 5.97 Å². The second kappa shape index (κ2) is 6.37. The number of aliphatic carboxylic acids is 1. The number of carbonyl (C=O) groups excluding carboxylic acids is 1. The molecular formula is C14H17BrN2O3. The maximum atomic E-state index is 12.4. The third-order valence-corrected chi connectivity index (χ3v) is 4.31. The molecule has 5 nitrogen and oxygen atoms in total. The highest BCUT2D eigenvalue weighted by Gasteiger charge is 2.23. The largest absolute Gasteiger partial charge is 0.480 e. The number of halogens is 1. The normalized spacial score (nSPS) is 16.2. The van der Waals surface area contributed by atoms with Gasteiger partial charge in [-0.15, -0.1) is 0 Å². The lowest BCUT2D eigenvalue weighted by molar-refractivity contribution is -0.138. The fraction of sp³-hybridized carbons (Fsp3) is 0.429. The lowest BCUT2D eigenvalue weighted by Gasteiger charge is -2.33. The van der Waals surface area contributed by atoms with Crippen LogP contribution >= 0.6 is 15.9 Å². The first kappa shape index (κ1) is 15.0. The van der Waals surface area contributed by atoms with Crippen molar-refractivity contribution in [3.05, 3.63) is 33.8 Å². The molecule has 1 aromatic rings. The van der Waals surface area contributed by atoms with E-state index in [2.05, 4.69) is 15.9 Å². The minimum absolute atomic E-state index is 0.00979. The van der Waals surface area contributed by atoms with Crippen LogP contribution in [0, 0.1) is 6.92 Å². The average Bonchev–Trinajstić information content (AvgIpc) is 2.41. The Hall–Kier alpha value is -1.40. The molecule has 0 radical (unpaired) electrons. The number of amides is 1. The molecule has 0 saturated carbocycles. The first-order valence-corrected chi connectivity index (χ1v) is 7.26. The summed E-state index contributed by atoms with van der Waals surface area (Å²) in [7, 11) is 0. The number of nitrogens with zero attached hydrogens (tertiary/aromatic N) is 2. The number of hydrogen-bond acceptors (Lipinski definition) is 3. The standard InChI is InChI=1S/C14H17BrN2O3/c1-10-8-11(2-3-12(10)15)14(20)17-6-4-16(5-7-17)9-13(18)19/h2-3,8H,4-7,9H2,1H3,(H,18,19). The van der Waals surface area contributed by atoms with E-state index in [0.29, 0.717) is 31.7 Å². The monoisotopic (exact) mass is 340 g/mol. The van der Waals surface area contributed by atoms with Gasteiger partial charge in [0.2, 0.25) is 0 Å². The lowest BCUT2D eigenvalue weighted by Crippen LogP contribution is -2.49. The number of carboxylic acids is 1. The molecule has 20 heavy (non-hydrogen) atoms. The number of carbonyl (C=O) groups is 2. The van der Waals surface area contributed by atoms with Gasteiger partial charge < -0.3 is 10.0 Å². The predicted octanol–water partition coefficient (Wildman–Crippen LogP) is 1.60. The molecule has 1 heterocycles. The first-order chi connectivity index (χ1) is 9.47. The summed E-state index contributed by atoms with van der Waals surface area (Å²) < 4.78 is 0.986. The van der Waals surface area contributed by atoms with Crippen LogP contribution in [0.4, 0.5) is 0 Å². The first-order valence-electron chi connectivity index (χ1n) is 6.47. The van der Waals surface area contributed by atoms with E-state index in [1.165, 1.54) is 0 Å². The molecule has 1 N–H and O–H groups in total. The van der Waals surface area contributed by atoms with Crippen molar-refractivity contribution in [3.8, 4) is 0 Å². The van der Waals surface area contributed by atoms with Crippen LogP contribution in [0.15, 0.2) is 22.7 Å². The second-order valence-corrected chi connectivity index (χ2v) is 5.78. The third kappa shape index (κ3) is 3.58. The van der Waals surface area contributed by atoms with Crippen molar-refractivity contribution in [2.24, 2.45) is 0 Å². The molecule has 6 heteroatoms. The van der Waals surface area contributed by atoms with Crippen LogP contribution in [0.5, 0.6) is 0 Å². The summed E-state index contributed by atoms with van der Waals surface area (Å²) >= 11 is 3.42. The van der Waals surface area contributed by atoms with Gasteiger partial charge in [0.25, 0.3) is 5.91 Å². The molecule has 0 bridgehead atoms. The number of aryl methyl sites for hydroxylation is 1. The van der Waals surface area contributed by atoms with E-state index in [1.54, 1.807) is 4.90 Å². The van der Waals surface area contributed by atoms with Crippen LogP contribution in [-0.4, -0.2) is 59.5 Å². The van der Waals surface area contributed by atoms with Gasteiger partial charge in [-0.25, -0.2) is 0 Å². The number of piperazine rings is 1. The summed E-state index contributed by atoms with van der Waals surface area (Å²) in [6, 6.07) is 5.56. The summed E-state index contributed by atoms with van der Waals surface area (Å²) in [6.45, 7) is 4.34. The second-order valence-electron chi connectivity index (χ2n) is 4.93. The maximum absolute atomic E-state index is 12.4. The highest BCUT2D eigenvalue weighted by atomic mass is 79.9. The SMILES string of the molecule is Cc1cc(C(=O)N2CCN(CC(=O)O)CC2)ccc1Br. The van der Waals surface area contributed by atoms with Gasteiger partial charge in [-0.05, 0) is 30.7 Å². The summed E-state index contributed by atoms with van der Waals surface area (Å²) in [4.78, 5) is 26.6. The van der Waals surface area contributed by atoms with Crippen molar-refractivity contribution in [3.63, 3.8) is 0 Å². The zero-order chi connectivity index (χ0) is 14.7. The Bertz CT molecular complexity index is 525. The predicted molar refractivity (Wildman–Crippen MR) is 78.9 cm³/mol. The molecule has 0 aliphatic carbocycles. The van der Waals surface area contributed by atoms with Gasteiger partial charge in [0, 0.05) is 36.2 Å². The molecule has 1 amide bonds. The fourth-order valence-corrected chi connectivity index (χ4v) is 2.51. The molecule has 0 atom stereocenters. The van der Waals surface area contributed by atoms with E-state index < -0.39 is 5.97 Å². The Balaban J connectivity index is 1.97. The molecule has 1 aliphatic rings. The molecule has 108 valence electrons. The highest BCUT2D eigenvalue weighted by molar-refractivity contribution is 9.10. The molecule has 1 saturated heterocycles. The number of hydrogen-bond donors (Lipinski definition) is 1. The van der Waals surface area contributed by atoms with Crippen LogP contribution in [0.1, 0.15) is 15.9 Å². The molecule has 0 unspecified atom stereocenters. The topological polar surface area (TPSA) is 60.9 Å². The quantitative estimate of drug-likeness (QED) is 0.907. The molecule has 1 aliphatic heterocycles. The summed E-state index contributed by atoms with van der Waals surface area (Å²) in [6.07, 6.45) is 0. The van der Waals surface area contributed by atoms with Crippen molar-refractivity contribution in [1.29, 1.82) is 0 Å². The van der Waals surface area contributed by atoms with E-state index in [4.69, 9.17) is 5.11 Å². The van der Waals surface area contributed by atoms with Crippen molar-refractivity contribution >= 4 is 27.8 Å². The van der Waals surface area contributed by atoms with Gasteiger partial charge in [0.1, 0.15) is 0 Å². The number of benzene rings is 1. The Morgan fingerprint density at radius 2 is 1.90 bits per heavy atom. The van der Waals surface area contributed by atoms with Gasteiger partial charge in [-0.3, -0.25) is 14.5 Å². The molecule has 2 rings (SSSR count). The highest BCUT2D eigenvalue weighted by Crippen LogP contribution is 2.18. The van der Waals surface area contributed by atoms with Crippen molar-refractivity contribution in [1.82, 2.24) is 9.80 Å². The fourth-order valence-electron chi connectivity index (χ4n) is 2.26. The van der Waals surface area contributed by atoms with Crippen molar-refractivity contribution in [2.45, 2.75) is 6.92 Å². The summed E-state index contributed by atoms with van der Waals surface area (Å²) in [5, 5.41) is 8.75. The average molecular weight is 341 g/mol.